The predicted molar refractivity (Wildman–Crippen MR) is 119 cm³/mol. The van der Waals surface area contributed by atoms with E-state index in [9.17, 15) is 18.8 Å². The van der Waals surface area contributed by atoms with Crippen LogP contribution in [0.15, 0.2) is 36.4 Å². The lowest BCUT2D eigenvalue weighted by Gasteiger charge is -2.17. The fourth-order valence-electron chi connectivity index (χ4n) is 2.55. The van der Waals surface area contributed by atoms with Crippen molar-refractivity contribution in [1.29, 1.82) is 0 Å². The van der Waals surface area contributed by atoms with Crippen LogP contribution < -0.4 is 10.1 Å². The summed E-state index contributed by atoms with van der Waals surface area (Å²) in [5.74, 6) is -2.10. The Hall–Kier alpha value is -2.29. The molecule has 2 aromatic rings. The molecular weight excluding hydrogens is 468 g/mol. The molecule has 2 rings (SSSR count). The first-order chi connectivity index (χ1) is 14.8. The average Bonchev–Trinajstić information content (AvgIpc) is 2.74. The number of thioether (sulfide) groups is 1. The highest BCUT2D eigenvalue weighted by Crippen LogP contribution is 2.21. The van der Waals surface area contributed by atoms with Gasteiger partial charge in [0, 0.05) is 10.6 Å². The Kier molecular flexibility index (Phi) is 9.61. The molecule has 0 aliphatic rings. The van der Waals surface area contributed by atoms with E-state index in [1.807, 2.05) is 6.26 Å². The van der Waals surface area contributed by atoms with Gasteiger partial charge in [0.1, 0.15) is 6.04 Å². The summed E-state index contributed by atoms with van der Waals surface area (Å²) in [5.41, 5.74) is 0.182. The van der Waals surface area contributed by atoms with Crippen molar-refractivity contribution in [1.82, 2.24) is 5.32 Å². The Morgan fingerprint density at radius 1 is 1.16 bits per heavy atom. The van der Waals surface area contributed by atoms with E-state index >= 15 is 0 Å². The third-order valence-corrected chi connectivity index (χ3v) is 5.39. The van der Waals surface area contributed by atoms with Crippen molar-refractivity contribution in [3.8, 4) is 5.75 Å². The molecule has 0 bridgehead atoms. The maximum atomic E-state index is 13.8. The molecule has 2 aromatic carbocycles. The Bertz CT molecular complexity index is 973. The zero-order chi connectivity index (χ0) is 23.0. The van der Waals surface area contributed by atoms with E-state index in [0.29, 0.717) is 10.8 Å². The highest BCUT2D eigenvalue weighted by Gasteiger charge is 2.24. The number of esters is 1. The van der Waals surface area contributed by atoms with Crippen molar-refractivity contribution in [3.63, 3.8) is 0 Å². The second-order valence-electron chi connectivity index (χ2n) is 6.31. The molecule has 10 heteroatoms. The summed E-state index contributed by atoms with van der Waals surface area (Å²) in [6.45, 7) is -0.599. The minimum absolute atomic E-state index is 0.00533. The molecule has 1 atom stereocenters. The number of amides is 1. The monoisotopic (exact) mass is 487 g/mol. The third kappa shape index (κ3) is 7.12. The van der Waals surface area contributed by atoms with Crippen LogP contribution in [-0.4, -0.2) is 49.4 Å². The second-order valence-corrected chi connectivity index (χ2v) is 8.14. The van der Waals surface area contributed by atoms with Crippen molar-refractivity contribution in [3.05, 3.63) is 63.4 Å². The van der Waals surface area contributed by atoms with Gasteiger partial charge in [-0.15, -0.1) is 0 Å². The third-order valence-electron chi connectivity index (χ3n) is 4.20. The Balaban J connectivity index is 2.04. The number of nitrogens with one attached hydrogen (secondary N) is 1. The molecule has 0 aromatic heterocycles. The number of halogens is 3. The molecule has 0 aliphatic heterocycles. The summed E-state index contributed by atoms with van der Waals surface area (Å²) in [4.78, 5) is 37.3. The van der Waals surface area contributed by atoms with E-state index in [-0.39, 0.29) is 28.3 Å². The lowest BCUT2D eigenvalue weighted by molar-refractivity contribution is -0.144. The highest BCUT2D eigenvalue weighted by molar-refractivity contribution is 7.98. The number of ether oxygens (including phenoxy) is 2. The van der Waals surface area contributed by atoms with E-state index in [1.165, 1.54) is 49.2 Å². The zero-order valence-corrected chi connectivity index (χ0v) is 19.1. The lowest BCUT2D eigenvalue weighted by Crippen LogP contribution is -2.42. The molecule has 1 amide bonds. The van der Waals surface area contributed by atoms with Gasteiger partial charge in [-0.3, -0.25) is 9.59 Å². The molecule has 1 unspecified atom stereocenters. The van der Waals surface area contributed by atoms with E-state index in [0.717, 1.165) is 6.07 Å². The fraction of sp³-hybridized carbons (Fsp3) is 0.286. The SMILES string of the molecule is COc1ccc(C(=O)COC(=O)C(CCSC)NC(=O)c2ccc(Cl)cc2Cl)cc1F. The molecule has 0 aliphatic carbocycles. The van der Waals surface area contributed by atoms with E-state index < -0.39 is 36.1 Å². The van der Waals surface area contributed by atoms with Crippen LogP contribution in [0.5, 0.6) is 5.75 Å². The predicted octanol–water partition coefficient (Wildman–Crippen LogP) is 4.42. The topological polar surface area (TPSA) is 81.7 Å². The number of hydrogen-bond acceptors (Lipinski definition) is 6. The summed E-state index contributed by atoms with van der Waals surface area (Å²) < 4.78 is 23.7. The molecule has 0 heterocycles. The van der Waals surface area contributed by atoms with Crippen molar-refractivity contribution in [2.24, 2.45) is 0 Å². The molecule has 0 spiro atoms. The number of Topliss-reactive ketones (excluding diaryl/α,β-unsaturated/α-hetero) is 1. The number of carbonyl (C=O) groups is 3. The normalized spacial score (nSPS) is 11.5. The Labute approximate surface area is 193 Å². The van der Waals surface area contributed by atoms with Crippen LogP contribution in [0.1, 0.15) is 27.1 Å². The summed E-state index contributed by atoms with van der Waals surface area (Å²) in [6, 6.07) is 7.05. The minimum atomic E-state index is -0.993. The number of carbonyl (C=O) groups excluding carboxylic acids is 3. The summed E-state index contributed by atoms with van der Waals surface area (Å²) in [5, 5.41) is 3.08. The van der Waals surface area contributed by atoms with Crippen LogP contribution in [0.3, 0.4) is 0 Å². The van der Waals surface area contributed by atoms with Crippen molar-refractivity contribution < 1.29 is 28.2 Å². The summed E-state index contributed by atoms with van der Waals surface area (Å²) >= 11 is 13.4. The maximum absolute atomic E-state index is 13.8. The van der Waals surface area contributed by atoms with Gasteiger partial charge in [-0.1, -0.05) is 23.2 Å². The van der Waals surface area contributed by atoms with Crippen molar-refractivity contribution >= 4 is 52.6 Å². The van der Waals surface area contributed by atoms with E-state index in [1.54, 1.807) is 0 Å². The van der Waals surface area contributed by atoms with Crippen molar-refractivity contribution in [2.45, 2.75) is 12.5 Å². The summed E-state index contributed by atoms with van der Waals surface area (Å²) in [6.07, 6.45) is 2.13. The number of benzene rings is 2. The van der Waals surface area contributed by atoms with E-state index in [2.05, 4.69) is 5.32 Å². The number of rotatable bonds is 10. The van der Waals surface area contributed by atoms with Gasteiger partial charge in [0.2, 0.25) is 0 Å². The lowest BCUT2D eigenvalue weighted by atomic mass is 10.1. The van der Waals surface area contributed by atoms with Crippen LogP contribution in [0, 0.1) is 5.82 Å². The first kappa shape index (κ1) is 25.0. The van der Waals surface area contributed by atoms with Crippen LogP contribution in [0.25, 0.3) is 0 Å². The molecule has 0 saturated carbocycles. The molecule has 166 valence electrons. The largest absolute Gasteiger partial charge is 0.494 e. The van der Waals surface area contributed by atoms with E-state index in [4.69, 9.17) is 32.7 Å². The molecular formula is C21H20Cl2FNO5S. The maximum Gasteiger partial charge on any atom is 0.329 e. The zero-order valence-electron chi connectivity index (χ0n) is 16.7. The van der Waals surface area contributed by atoms with Gasteiger partial charge in [0.15, 0.2) is 24.0 Å². The number of methoxy groups -OCH3 is 1. The highest BCUT2D eigenvalue weighted by atomic mass is 35.5. The Morgan fingerprint density at radius 3 is 2.52 bits per heavy atom. The molecule has 31 heavy (non-hydrogen) atoms. The second kappa shape index (κ2) is 11.9. The van der Waals surface area contributed by atoms with Crippen LogP contribution in [0.2, 0.25) is 10.0 Å². The quantitative estimate of drug-likeness (QED) is 0.394. The Morgan fingerprint density at radius 2 is 1.90 bits per heavy atom. The van der Waals surface area contributed by atoms with Crippen LogP contribution in [-0.2, 0) is 9.53 Å². The van der Waals surface area contributed by atoms with Gasteiger partial charge < -0.3 is 14.8 Å². The fourth-order valence-corrected chi connectivity index (χ4v) is 3.52. The van der Waals surface area contributed by atoms with Gasteiger partial charge in [0.25, 0.3) is 5.91 Å². The van der Waals surface area contributed by atoms with Crippen LogP contribution >= 0.6 is 35.0 Å². The average molecular weight is 488 g/mol. The number of ketones is 1. The molecule has 0 saturated heterocycles. The van der Waals surface area contributed by atoms with Gasteiger partial charge in [-0.25, -0.2) is 9.18 Å². The first-order valence-corrected chi connectivity index (χ1v) is 11.2. The molecule has 1 N–H and O–H groups in total. The molecule has 0 fully saturated rings. The van der Waals surface area contributed by atoms with Gasteiger partial charge >= 0.3 is 5.97 Å². The van der Waals surface area contributed by atoms with Crippen LogP contribution in [0.4, 0.5) is 4.39 Å². The van der Waals surface area contributed by atoms with Gasteiger partial charge in [0.05, 0.1) is 17.7 Å². The van der Waals surface area contributed by atoms with Gasteiger partial charge in [-0.05, 0) is 54.8 Å². The smallest absolute Gasteiger partial charge is 0.329 e. The number of hydrogen-bond donors (Lipinski definition) is 1. The first-order valence-electron chi connectivity index (χ1n) is 9.05. The minimum Gasteiger partial charge on any atom is -0.494 e. The van der Waals surface area contributed by atoms with Crippen molar-refractivity contribution in [2.75, 3.05) is 25.7 Å². The molecule has 0 radical (unpaired) electrons. The standard InChI is InChI=1S/C21H20Cl2FNO5S/c1-29-19-6-3-12(9-16(19)24)18(26)11-30-21(28)17(7-8-31-2)25-20(27)14-5-4-13(22)10-15(14)23/h3-6,9-10,17H,7-8,11H2,1-2H3,(H,25,27). The summed E-state index contributed by atoms with van der Waals surface area (Å²) in [7, 11) is 1.31. The molecule has 6 nitrogen and oxygen atoms in total. The van der Waals surface area contributed by atoms with Gasteiger partial charge in [-0.2, -0.15) is 11.8 Å².